The zero-order chi connectivity index (χ0) is 23.5. The molecule has 0 radical (unpaired) electrons. The Kier molecular flexibility index (Phi) is 7.02. The maximum Gasteiger partial charge on any atom is 0.295 e. The second-order valence-electron chi connectivity index (χ2n) is 8.44. The zero-order valence-electron chi connectivity index (χ0n) is 18.8. The van der Waals surface area contributed by atoms with Gasteiger partial charge >= 0.3 is 0 Å². The minimum absolute atomic E-state index is 0.0990. The fourth-order valence-electron chi connectivity index (χ4n) is 4.25. The number of amides is 1. The molecule has 0 aromatic heterocycles. The lowest BCUT2D eigenvalue weighted by molar-refractivity contribution is -0.140. The Morgan fingerprint density at radius 1 is 1.03 bits per heavy atom. The summed E-state index contributed by atoms with van der Waals surface area (Å²) in [6.07, 6.45) is 0. The van der Waals surface area contributed by atoms with E-state index in [9.17, 15) is 14.7 Å². The lowest BCUT2D eigenvalue weighted by Crippen LogP contribution is -2.42. The molecule has 2 saturated heterocycles. The minimum atomic E-state index is -0.675. The van der Waals surface area contributed by atoms with Crippen molar-refractivity contribution >= 4 is 34.7 Å². The molecule has 7 nitrogen and oxygen atoms in total. The van der Waals surface area contributed by atoms with E-state index in [1.54, 1.807) is 29.2 Å². The van der Waals surface area contributed by atoms with E-state index < -0.39 is 17.7 Å². The van der Waals surface area contributed by atoms with Crippen LogP contribution >= 0.6 is 11.6 Å². The van der Waals surface area contributed by atoms with Gasteiger partial charge < -0.3 is 19.6 Å². The van der Waals surface area contributed by atoms with Gasteiger partial charge in [-0.05, 0) is 42.0 Å². The number of hydrogen-bond donors (Lipinski definition) is 1. The number of carbonyl (C=O) groups is 2. The number of nitrogens with zero attached hydrogens (tertiary/aromatic N) is 3. The van der Waals surface area contributed by atoms with Crippen LogP contribution in [0.3, 0.4) is 0 Å². The molecule has 1 amide bonds. The molecule has 0 aliphatic carbocycles. The number of carbonyl (C=O) groups excluding carboxylic acids is 2. The topological polar surface area (TPSA) is 73.3 Å². The lowest BCUT2D eigenvalue weighted by atomic mass is 9.95. The first-order chi connectivity index (χ1) is 15.9. The fourth-order valence-corrected chi connectivity index (χ4v) is 4.38. The van der Waals surface area contributed by atoms with Crippen LogP contribution in [0.2, 0.25) is 5.02 Å². The second-order valence-corrected chi connectivity index (χ2v) is 8.88. The number of ketones is 1. The first-order valence-corrected chi connectivity index (χ1v) is 11.4. The van der Waals surface area contributed by atoms with Gasteiger partial charge in [0.1, 0.15) is 5.76 Å². The largest absolute Gasteiger partial charge is 0.507 e. The minimum Gasteiger partial charge on any atom is -0.507 e. The predicted molar refractivity (Wildman–Crippen MR) is 128 cm³/mol. The highest BCUT2D eigenvalue weighted by Gasteiger charge is 2.46. The van der Waals surface area contributed by atoms with Crippen molar-refractivity contribution in [2.75, 3.05) is 58.4 Å². The van der Waals surface area contributed by atoms with Gasteiger partial charge in [0.2, 0.25) is 0 Å². The number of hydrogen-bond acceptors (Lipinski definition) is 6. The van der Waals surface area contributed by atoms with Gasteiger partial charge in [0.15, 0.2) is 0 Å². The number of rotatable bonds is 6. The van der Waals surface area contributed by atoms with Crippen LogP contribution in [0.1, 0.15) is 17.2 Å². The summed E-state index contributed by atoms with van der Waals surface area (Å²) in [7, 11) is 3.90. The summed E-state index contributed by atoms with van der Waals surface area (Å²) in [6.45, 7) is 3.90. The molecular weight excluding hydrogens is 442 g/mol. The number of morpholine rings is 1. The number of halogens is 1. The lowest BCUT2D eigenvalue weighted by Gasteiger charge is -2.31. The van der Waals surface area contributed by atoms with Crippen LogP contribution in [-0.4, -0.2) is 80.1 Å². The molecule has 0 unspecified atom stereocenters. The molecule has 0 spiro atoms. The Balaban J connectivity index is 1.73. The van der Waals surface area contributed by atoms with E-state index in [4.69, 9.17) is 16.3 Å². The Morgan fingerprint density at radius 3 is 2.27 bits per heavy atom. The summed E-state index contributed by atoms with van der Waals surface area (Å²) < 4.78 is 5.41. The number of aliphatic hydroxyl groups excluding tert-OH is 1. The number of aliphatic hydroxyl groups is 1. The van der Waals surface area contributed by atoms with Crippen molar-refractivity contribution < 1.29 is 19.4 Å². The van der Waals surface area contributed by atoms with Crippen LogP contribution in [-0.2, 0) is 14.3 Å². The molecule has 4 rings (SSSR count). The first-order valence-electron chi connectivity index (χ1n) is 11.0. The highest BCUT2D eigenvalue weighted by atomic mass is 35.5. The zero-order valence-corrected chi connectivity index (χ0v) is 19.6. The number of anilines is 1. The summed E-state index contributed by atoms with van der Waals surface area (Å²) >= 11 is 5.99. The fraction of sp³-hybridized carbons (Fsp3) is 0.360. The van der Waals surface area contributed by atoms with E-state index >= 15 is 0 Å². The van der Waals surface area contributed by atoms with Gasteiger partial charge in [0, 0.05) is 56.5 Å². The van der Waals surface area contributed by atoms with Crippen LogP contribution in [0.4, 0.5) is 5.69 Å². The monoisotopic (exact) mass is 469 g/mol. The van der Waals surface area contributed by atoms with Crippen molar-refractivity contribution in [2.24, 2.45) is 0 Å². The van der Waals surface area contributed by atoms with Gasteiger partial charge in [-0.25, -0.2) is 0 Å². The summed E-state index contributed by atoms with van der Waals surface area (Å²) in [5.74, 6) is -1.47. The molecule has 2 fully saturated rings. The second kappa shape index (κ2) is 9.95. The van der Waals surface area contributed by atoms with Crippen molar-refractivity contribution in [3.05, 3.63) is 70.3 Å². The number of ether oxygens (including phenoxy) is 1. The molecule has 2 aromatic carbocycles. The molecule has 2 aromatic rings. The van der Waals surface area contributed by atoms with E-state index in [1.807, 2.05) is 43.3 Å². The van der Waals surface area contributed by atoms with Crippen LogP contribution < -0.4 is 4.90 Å². The molecular formula is C25H28ClN3O4. The number of Topliss-reactive ketones (excluding diaryl/α,β-unsaturated/α-hetero) is 1. The van der Waals surface area contributed by atoms with E-state index in [-0.39, 0.29) is 11.3 Å². The Bertz CT molecular complexity index is 1040. The normalized spacial score (nSPS) is 20.9. The third kappa shape index (κ3) is 4.90. The summed E-state index contributed by atoms with van der Waals surface area (Å²) in [5, 5.41) is 11.6. The van der Waals surface area contributed by atoms with Crippen molar-refractivity contribution in [2.45, 2.75) is 6.04 Å². The maximum absolute atomic E-state index is 13.1. The van der Waals surface area contributed by atoms with Crippen molar-refractivity contribution in [3.8, 4) is 0 Å². The van der Waals surface area contributed by atoms with Crippen LogP contribution in [0, 0.1) is 0 Å². The van der Waals surface area contributed by atoms with E-state index in [2.05, 4.69) is 4.90 Å². The smallest absolute Gasteiger partial charge is 0.295 e. The number of benzene rings is 2. The molecule has 8 heteroatoms. The molecule has 1 N–H and O–H groups in total. The maximum atomic E-state index is 13.1. The molecule has 174 valence electrons. The van der Waals surface area contributed by atoms with E-state index in [1.165, 1.54) is 0 Å². The third-order valence-electron chi connectivity index (χ3n) is 6.14. The van der Waals surface area contributed by atoms with Crippen LogP contribution in [0.25, 0.3) is 5.76 Å². The number of likely N-dealkylation sites (tertiary alicyclic amines) is 1. The Hall–Kier alpha value is -2.87. The molecule has 2 aliphatic rings. The van der Waals surface area contributed by atoms with Gasteiger partial charge in [-0.2, -0.15) is 0 Å². The first kappa shape index (κ1) is 23.3. The van der Waals surface area contributed by atoms with Crippen molar-refractivity contribution in [3.63, 3.8) is 0 Å². The Labute approximate surface area is 198 Å². The van der Waals surface area contributed by atoms with Gasteiger partial charge in [0.25, 0.3) is 11.7 Å². The van der Waals surface area contributed by atoms with Gasteiger partial charge in [-0.15, -0.1) is 0 Å². The standard InChI is InChI=1S/C25H28ClN3O4/c1-27(2)20-9-5-17(6-10-20)22-21(23(30)18-3-7-19(26)8-4-18)24(31)25(32)29(22)12-11-28-13-15-33-16-14-28/h3-10,22,30H,11-16H2,1-2H3/t22-/m1/s1. The highest BCUT2D eigenvalue weighted by Crippen LogP contribution is 2.39. The van der Waals surface area contributed by atoms with Gasteiger partial charge in [0.05, 0.1) is 24.8 Å². The predicted octanol–water partition coefficient (Wildman–Crippen LogP) is 3.16. The average Bonchev–Trinajstić information content (AvgIpc) is 3.08. The van der Waals surface area contributed by atoms with Crippen molar-refractivity contribution in [1.82, 2.24) is 9.80 Å². The quantitative estimate of drug-likeness (QED) is 0.398. The van der Waals surface area contributed by atoms with Crippen molar-refractivity contribution in [1.29, 1.82) is 0 Å². The molecule has 0 saturated carbocycles. The van der Waals surface area contributed by atoms with E-state index in [0.29, 0.717) is 36.9 Å². The molecule has 1 atom stereocenters. The van der Waals surface area contributed by atoms with Crippen LogP contribution in [0.5, 0.6) is 0 Å². The molecule has 2 heterocycles. The Morgan fingerprint density at radius 2 is 1.67 bits per heavy atom. The van der Waals surface area contributed by atoms with Gasteiger partial charge in [-0.3, -0.25) is 14.5 Å². The third-order valence-corrected chi connectivity index (χ3v) is 6.40. The highest BCUT2D eigenvalue weighted by molar-refractivity contribution is 6.46. The molecule has 2 aliphatic heterocycles. The molecule has 0 bridgehead atoms. The summed E-state index contributed by atoms with van der Waals surface area (Å²) in [6, 6.07) is 13.6. The average molecular weight is 470 g/mol. The van der Waals surface area contributed by atoms with Gasteiger partial charge in [-0.1, -0.05) is 23.7 Å². The SMILES string of the molecule is CN(C)c1ccc([C@@H]2C(=C(O)c3ccc(Cl)cc3)C(=O)C(=O)N2CCN2CCOCC2)cc1. The van der Waals surface area contributed by atoms with Crippen LogP contribution in [0.15, 0.2) is 54.1 Å². The van der Waals surface area contributed by atoms with E-state index in [0.717, 1.165) is 24.3 Å². The summed E-state index contributed by atoms with van der Waals surface area (Å²) in [4.78, 5) is 32.0. The summed E-state index contributed by atoms with van der Waals surface area (Å²) in [5.41, 5.74) is 2.32. The molecule has 33 heavy (non-hydrogen) atoms.